The highest BCUT2D eigenvalue weighted by Gasteiger charge is 2.35. The first-order valence-electron chi connectivity index (χ1n) is 5.86. The topological polar surface area (TPSA) is 24.9 Å². The van der Waals surface area contributed by atoms with E-state index in [1.807, 2.05) is 11.3 Å². The number of para-hydroxylation sites is 1. The predicted octanol–water partition coefficient (Wildman–Crippen LogP) is 2.84. The van der Waals surface area contributed by atoms with E-state index in [2.05, 4.69) is 36.5 Å². The third kappa shape index (κ3) is 1.64. The van der Waals surface area contributed by atoms with Crippen LogP contribution in [0.1, 0.15) is 18.4 Å². The Hall–Kier alpha value is -0.930. The van der Waals surface area contributed by atoms with E-state index in [4.69, 9.17) is 4.98 Å². The lowest BCUT2D eigenvalue weighted by Gasteiger charge is -2.41. The van der Waals surface area contributed by atoms with E-state index in [0.717, 1.165) is 25.0 Å². The first-order chi connectivity index (χ1) is 7.81. The molecule has 16 heavy (non-hydrogen) atoms. The van der Waals surface area contributed by atoms with Crippen molar-refractivity contribution in [2.24, 2.45) is 5.41 Å². The highest BCUT2D eigenvalue weighted by Crippen LogP contribution is 2.33. The number of aromatic nitrogens is 1. The summed E-state index contributed by atoms with van der Waals surface area (Å²) in [5, 5.41) is 4.68. The summed E-state index contributed by atoms with van der Waals surface area (Å²) >= 11 is 1.85. The van der Waals surface area contributed by atoms with Crippen molar-refractivity contribution >= 4 is 21.6 Å². The summed E-state index contributed by atoms with van der Waals surface area (Å²) in [6, 6.07) is 8.41. The molecule has 3 rings (SSSR count). The van der Waals surface area contributed by atoms with Crippen molar-refractivity contribution in [2.75, 3.05) is 13.1 Å². The first-order valence-corrected chi connectivity index (χ1v) is 6.68. The number of nitrogens with one attached hydrogen (secondary N) is 1. The van der Waals surface area contributed by atoms with Crippen LogP contribution in [0.15, 0.2) is 24.3 Å². The fraction of sp³-hybridized carbons (Fsp3) is 0.462. The maximum atomic E-state index is 4.72. The van der Waals surface area contributed by atoms with Gasteiger partial charge in [-0.05, 0) is 18.6 Å². The van der Waals surface area contributed by atoms with Crippen LogP contribution in [0.5, 0.6) is 0 Å². The minimum atomic E-state index is 0.480. The molecule has 0 amide bonds. The van der Waals surface area contributed by atoms with Gasteiger partial charge in [-0.2, -0.15) is 0 Å². The zero-order valence-electron chi connectivity index (χ0n) is 9.49. The lowest BCUT2D eigenvalue weighted by molar-refractivity contribution is 0.160. The van der Waals surface area contributed by atoms with Crippen molar-refractivity contribution in [1.29, 1.82) is 0 Å². The minimum absolute atomic E-state index is 0.480. The van der Waals surface area contributed by atoms with Gasteiger partial charge in [-0.25, -0.2) is 4.98 Å². The van der Waals surface area contributed by atoms with Crippen molar-refractivity contribution in [1.82, 2.24) is 10.3 Å². The van der Waals surface area contributed by atoms with Gasteiger partial charge in [-0.15, -0.1) is 11.3 Å². The second kappa shape index (κ2) is 3.82. The molecule has 0 atom stereocenters. The highest BCUT2D eigenvalue weighted by molar-refractivity contribution is 7.18. The molecule has 2 nitrogen and oxygen atoms in total. The number of rotatable bonds is 3. The zero-order chi connectivity index (χ0) is 11.0. The monoisotopic (exact) mass is 232 g/mol. The van der Waals surface area contributed by atoms with Crippen LogP contribution >= 0.6 is 11.3 Å². The average molecular weight is 232 g/mol. The molecule has 2 aromatic rings. The number of fused-ring (bicyclic) bond motifs is 1. The Bertz CT molecular complexity index is 461. The van der Waals surface area contributed by atoms with E-state index >= 15 is 0 Å². The van der Waals surface area contributed by atoms with Gasteiger partial charge in [0, 0.05) is 24.9 Å². The van der Waals surface area contributed by atoms with E-state index in [1.54, 1.807) is 0 Å². The maximum Gasteiger partial charge on any atom is 0.0945 e. The van der Waals surface area contributed by atoms with Crippen molar-refractivity contribution in [2.45, 2.75) is 19.8 Å². The van der Waals surface area contributed by atoms with Gasteiger partial charge in [0.25, 0.3) is 0 Å². The molecule has 0 saturated carbocycles. The Morgan fingerprint density at radius 2 is 2.19 bits per heavy atom. The SMILES string of the molecule is CCC1(Cc2nc3ccccc3s2)CNC1. The maximum absolute atomic E-state index is 4.72. The van der Waals surface area contributed by atoms with Gasteiger partial charge < -0.3 is 5.32 Å². The summed E-state index contributed by atoms with van der Waals surface area (Å²) in [5.41, 5.74) is 1.63. The van der Waals surface area contributed by atoms with Crippen molar-refractivity contribution in [3.63, 3.8) is 0 Å². The van der Waals surface area contributed by atoms with E-state index in [9.17, 15) is 0 Å². The molecule has 0 radical (unpaired) electrons. The van der Waals surface area contributed by atoms with Gasteiger partial charge in [0.2, 0.25) is 0 Å². The second-order valence-electron chi connectivity index (χ2n) is 4.71. The molecular formula is C13H16N2S. The predicted molar refractivity (Wildman–Crippen MR) is 68.9 cm³/mol. The molecule has 1 aliphatic heterocycles. The van der Waals surface area contributed by atoms with Gasteiger partial charge in [-0.1, -0.05) is 19.1 Å². The molecule has 1 saturated heterocycles. The van der Waals surface area contributed by atoms with Crippen LogP contribution in [0.3, 0.4) is 0 Å². The molecule has 3 heteroatoms. The van der Waals surface area contributed by atoms with E-state index in [-0.39, 0.29) is 0 Å². The Morgan fingerprint density at radius 1 is 1.38 bits per heavy atom. The van der Waals surface area contributed by atoms with Gasteiger partial charge >= 0.3 is 0 Å². The summed E-state index contributed by atoms with van der Waals surface area (Å²) in [5.74, 6) is 0. The van der Waals surface area contributed by atoms with E-state index < -0.39 is 0 Å². The van der Waals surface area contributed by atoms with Gasteiger partial charge in [0.1, 0.15) is 0 Å². The van der Waals surface area contributed by atoms with Crippen LogP contribution in [0.25, 0.3) is 10.2 Å². The molecule has 1 aliphatic rings. The summed E-state index contributed by atoms with van der Waals surface area (Å²) in [4.78, 5) is 4.72. The summed E-state index contributed by atoms with van der Waals surface area (Å²) in [7, 11) is 0. The molecule has 1 N–H and O–H groups in total. The third-order valence-electron chi connectivity index (χ3n) is 3.61. The van der Waals surface area contributed by atoms with Gasteiger partial charge in [-0.3, -0.25) is 0 Å². The number of hydrogen-bond donors (Lipinski definition) is 1. The van der Waals surface area contributed by atoms with Crippen LogP contribution in [0.2, 0.25) is 0 Å². The number of benzene rings is 1. The van der Waals surface area contributed by atoms with Crippen molar-refractivity contribution in [3.8, 4) is 0 Å². The van der Waals surface area contributed by atoms with Crippen LogP contribution in [-0.4, -0.2) is 18.1 Å². The van der Waals surface area contributed by atoms with E-state index in [1.165, 1.54) is 16.1 Å². The molecule has 0 aliphatic carbocycles. The number of thiazole rings is 1. The fourth-order valence-corrected chi connectivity index (χ4v) is 3.44. The number of nitrogens with zero attached hydrogens (tertiary/aromatic N) is 1. The average Bonchev–Trinajstić information content (AvgIpc) is 2.65. The molecule has 2 heterocycles. The molecule has 1 fully saturated rings. The highest BCUT2D eigenvalue weighted by atomic mass is 32.1. The molecule has 1 aromatic heterocycles. The van der Waals surface area contributed by atoms with Crippen molar-refractivity contribution in [3.05, 3.63) is 29.3 Å². The van der Waals surface area contributed by atoms with Crippen molar-refractivity contribution < 1.29 is 0 Å². The molecule has 0 spiro atoms. The third-order valence-corrected chi connectivity index (χ3v) is 4.65. The lowest BCUT2D eigenvalue weighted by Crippen LogP contribution is -2.54. The first kappa shape index (κ1) is 10.2. The Morgan fingerprint density at radius 3 is 2.81 bits per heavy atom. The summed E-state index contributed by atoms with van der Waals surface area (Å²) < 4.78 is 1.32. The van der Waals surface area contributed by atoms with Crippen LogP contribution in [-0.2, 0) is 6.42 Å². The summed E-state index contributed by atoms with van der Waals surface area (Å²) in [6.45, 7) is 4.59. The Balaban J connectivity index is 1.89. The summed E-state index contributed by atoms with van der Waals surface area (Å²) in [6.07, 6.45) is 2.38. The molecule has 0 bridgehead atoms. The second-order valence-corrected chi connectivity index (χ2v) is 5.82. The van der Waals surface area contributed by atoms with Gasteiger partial charge in [0.15, 0.2) is 0 Å². The quantitative estimate of drug-likeness (QED) is 0.880. The molecule has 1 aromatic carbocycles. The zero-order valence-corrected chi connectivity index (χ0v) is 10.3. The Labute approximate surface area is 99.7 Å². The van der Waals surface area contributed by atoms with E-state index in [0.29, 0.717) is 5.41 Å². The number of hydrogen-bond acceptors (Lipinski definition) is 3. The molecular weight excluding hydrogens is 216 g/mol. The Kier molecular flexibility index (Phi) is 2.45. The normalized spacial score (nSPS) is 18.6. The van der Waals surface area contributed by atoms with Crippen LogP contribution in [0.4, 0.5) is 0 Å². The molecule has 84 valence electrons. The minimum Gasteiger partial charge on any atom is -0.316 e. The van der Waals surface area contributed by atoms with Crippen LogP contribution < -0.4 is 5.32 Å². The van der Waals surface area contributed by atoms with Crippen LogP contribution in [0, 0.1) is 5.41 Å². The standard InChI is InChI=1S/C13H16N2S/c1-2-13(8-14-9-13)7-12-15-10-5-3-4-6-11(10)16-12/h3-6,14H,2,7-9H2,1H3. The fourth-order valence-electron chi connectivity index (χ4n) is 2.29. The van der Waals surface area contributed by atoms with Gasteiger partial charge in [0.05, 0.1) is 15.2 Å². The molecule has 0 unspecified atom stereocenters. The lowest BCUT2D eigenvalue weighted by atomic mass is 9.76. The largest absolute Gasteiger partial charge is 0.316 e. The smallest absolute Gasteiger partial charge is 0.0945 e.